The van der Waals surface area contributed by atoms with Gasteiger partial charge in [-0.1, -0.05) is 6.07 Å². The number of carbonyl (C=O) groups excluding carboxylic acids is 1. The number of nitrogens with one attached hydrogen (secondary N) is 1. The highest BCUT2D eigenvalue weighted by Gasteiger charge is 2.26. The first-order chi connectivity index (χ1) is 13.2. The smallest absolute Gasteiger partial charge is 0.223 e. The molecule has 0 aliphatic carbocycles. The maximum Gasteiger partial charge on any atom is 0.223 e. The number of halogens is 1. The van der Waals surface area contributed by atoms with Crippen LogP contribution in [0.4, 0.5) is 10.2 Å². The van der Waals surface area contributed by atoms with Crippen LogP contribution in [0.2, 0.25) is 0 Å². The molecule has 0 spiro atoms. The molecule has 3 heterocycles. The zero-order valence-electron chi connectivity index (χ0n) is 14.9. The SMILES string of the molecule is O=C(NCCc1cccs1)C1CCN(c2ncnc3ccc(F)cc23)CC1. The number of benzene rings is 1. The Morgan fingerprint density at radius 1 is 1.26 bits per heavy atom. The van der Waals surface area contributed by atoms with Crippen LogP contribution in [0.15, 0.2) is 42.0 Å². The Balaban J connectivity index is 1.35. The number of hydrogen-bond acceptors (Lipinski definition) is 5. The monoisotopic (exact) mass is 384 g/mol. The molecule has 27 heavy (non-hydrogen) atoms. The van der Waals surface area contributed by atoms with Gasteiger partial charge in [0.15, 0.2) is 0 Å². The van der Waals surface area contributed by atoms with Crippen molar-refractivity contribution in [2.75, 3.05) is 24.5 Å². The number of anilines is 1. The van der Waals surface area contributed by atoms with Gasteiger partial charge in [-0.3, -0.25) is 4.79 Å². The first-order valence-electron chi connectivity index (χ1n) is 9.16. The van der Waals surface area contributed by atoms with Gasteiger partial charge in [-0.05, 0) is 48.9 Å². The summed E-state index contributed by atoms with van der Waals surface area (Å²) in [5.74, 6) is 0.605. The topological polar surface area (TPSA) is 58.1 Å². The summed E-state index contributed by atoms with van der Waals surface area (Å²) in [6.45, 7) is 2.13. The van der Waals surface area contributed by atoms with Crippen molar-refractivity contribution in [1.82, 2.24) is 15.3 Å². The standard InChI is InChI=1S/C20H21FN4OS/c21-15-3-4-18-17(12-15)19(24-13-23-18)25-9-6-14(7-10-25)20(26)22-8-5-16-2-1-11-27-16/h1-4,11-14H,5-10H2,(H,22,26). The fourth-order valence-electron chi connectivity index (χ4n) is 3.53. The zero-order valence-corrected chi connectivity index (χ0v) is 15.7. The normalized spacial score (nSPS) is 15.2. The number of rotatable bonds is 5. The summed E-state index contributed by atoms with van der Waals surface area (Å²) in [5, 5.41) is 5.83. The fraction of sp³-hybridized carbons (Fsp3) is 0.350. The van der Waals surface area contributed by atoms with Crippen LogP contribution in [0, 0.1) is 11.7 Å². The van der Waals surface area contributed by atoms with E-state index in [2.05, 4.69) is 31.6 Å². The Hall–Kier alpha value is -2.54. The van der Waals surface area contributed by atoms with Crippen molar-refractivity contribution >= 4 is 34.0 Å². The summed E-state index contributed by atoms with van der Waals surface area (Å²) >= 11 is 1.71. The number of thiophene rings is 1. The Kier molecular flexibility index (Phi) is 5.29. The Labute approximate surface area is 161 Å². The summed E-state index contributed by atoms with van der Waals surface area (Å²) < 4.78 is 13.6. The van der Waals surface area contributed by atoms with Crippen LogP contribution in [0.5, 0.6) is 0 Å². The molecule has 1 saturated heterocycles. The number of carbonyl (C=O) groups is 1. The van der Waals surface area contributed by atoms with E-state index in [-0.39, 0.29) is 17.6 Å². The maximum atomic E-state index is 13.6. The molecule has 1 aromatic carbocycles. The van der Waals surface area contributed by atoms with E-state index in [1.54, 1.807) is 17.4 Å². The summed E-state index contributed by atoms with van der Waals surface area (Å²) in [6, 6.07) is 8.67. The highest BCUT2D eigenvalue weighted by Crippen LogP contribution is 2.28. The van der Waals surface area contributed by atoms with Crippen LogP contribution in [-0.2, 0) is 11.2 Å². The van der Waals surface area contributed by atoms with Gasteiger partial charge in [-0.25, -0.2) is 14.4 Å². The lowest BCUT2D eigenvalue weighted by Gasteiger charge is -2.32. The lowest BCUT2D eigenvalue weighted by Crippen LogP contribution is -2.41. The van der Waals surface area contributed by atoms with E-state index in [4.69, 9.17) is 0 Å². The first kappa shape index (κ1) is 17.9. The lowest BCUT2D eigenvalue weighted by molar-refractivity contribution is -0.125. The van der Waals surface area contributed by atoms with Crippen LogP contribution >= 0.6 is 11.3 Å². The highest BCUT2D eigenvalue weighted by atomic mass is 32.1. The predicted molar refractivity (Wildman–Crippen MR) is 105 cm³/mol. The van der Waals surface area contributed by atoms with Crippen LogP contribution in [0.3, 0.4) is 0 Å². The number of hydrogen-bond donors (Lipinski definition) is 1. The minimum atomic E-state index is -0.293. The minimum Gasteiger partial charge on any atom is -0.356 e. The third-order valence-corrected chi connectivity index (χ3v) is 5.93. The van der Waals surface area contributed by atoms with Crippen LogP contribution < -0.4 is 10.2 Å². The number of aromatic nitrogens is 2. The molecular formula is C20H21FN4OS. The van der Waals surface area contributed by atoms with E-state index in [9.17, 15) is 9.18 Å². The molecule has 1 N–H and O–H groups in total. The third-order valence-electron chi connectivity index (χ3n) is 4.99. The molecule has 0 bridgehead atoms. The molecule has 2 aromatic heterocycles. The molecule has 1 fully saturated rings. The largest absolute Gasteiger partial charge is 0.356 e. The number of fused-ring (bicyclic) bond motifs is 1. The molecule has 0 atom stereocenters. The molecule has 140 valence electrons. The molecule has 1 amide bonds. The second-order valence-corrected chi connectivity index (χ2v) is 7.77. The third kappa shape index (κ3) is 4.08. The Bertz CT molecular complexity index is 923. The molecule has 1 aliphatic heterocycles. The Morgan fingerprint density at radius 2 is 2.11 bits per heavy atom. The zero-order chi connectivity index (χ0) is 18.6. The van der Waals surface area contributed by atoms with E-state index in [1.165, 1.54) is 23.3 Å². The second-order valence-electron chi connectivity index (χ2n) is 6.74. The molecule has 3 aromatic rings. The van der Waals surface area contributed by atoms with Crippen molar-refractivity contribution in [3.63, 3.8) is 0 Å². The van der Waals surface area contributed by atoms with Gasteiger partial charge in [0.2, 0.25) is 5.91 Å². The average molecular weight is 384 g/mol. The van der Waals surface area contributed by atoms with Gasteiger partial charge in [-0.2, -0.15) is 0 Å². The highest BCUT2D eigenvalue weighted by molar-refractivity contribution is 7.09. The van der Waals surface area contributed by atoms with Crippen LogP contribution in [0.25, 0.3) is 10.9 Å². The van der Waals surface area contributed by atoms with Crippen molar-refractivity contribution in [3.05, 3.63) is 52.7 Å². The van der Waals surface area contributed by atoms with E-state index < -0.39 is 0 Å². The fourth-order valence-corrected chi connectivity index (χ4v) is 4.24. The molecule has 5 nitrogen and oxygen atoms in total. The average Bonchev–Trinajstić information content (AvgIpc) is 3.21. The van der Waals surface area contributed by atoms with Crippen LogP contribution in [0.1, 0.15) is 17.7 Å². The predicted octanol–water partition coefficient (Wildman–Crippen LogP) is 3.41. The number of piperidine rings is 1. The van der Waals surface area contributed by atoms with Crippen LogP contribution in [-0.4, -0.2) is 35.5 Å². The van der Waals surface area contributed by atoms with E-state index >= 15 is 0 Å². The molecule has 4 rings (SSSR count). The molecule has 7 heteroatoms. The number of amides is 1. The molecule has 1 aliphatic rings. The van der Waals surface area contributed by atoms with Crippen molar-refractivity contribution in [2.45, 2.75) is 19.3 Å². The lowest BCUT2D eigenvalue weighted by atomic mass is 9.95. The van der Waals surface area contributed by atoms with Gasteiger partial charge < -0.3 is 10.2 Å². The molecular weight excluding hydrogens is 363 g/mol. The van der Waals surface area contributed by atoms with Gasteiger partial charge in [0.25, 0.3) is 0 Å². The van der Waals surface area contributed by atoms with Gasteiger partial charge in [-0.15, -0.1) is 11.3 Å². The van der Waals surface area contributed by atoms with Crippen molar-refractivity contribution < 1.29 is 9.18 Å². The summed E-state index contributed by atoms with van der Waals surface area (Å²) in [4.78, 5) is 24.4. The summed E-state index contributed by atoms with van der Waals surface area (Å²) in [5.41, 5.74) is 0.731. The maximum absolute atomic E-state index is 13.6. The second kappa shape index (κ2) is 8.00. The van der Waals surface area contributed by atoms with Crippen molar-refractivity contribution in [3.8, 4) is 0 Å². The Morgan fingerprint density at radius 3 is 2.89 bits per heavy atom. The quantitative estimate of drug-likeness (QED) is 0.732. The van der Waals surface area contributed by atoms with Crippen molar-refractivity contribution in [2.24, 2.45) is 5.92 Å². The van der Waals surface area contributed by atoms with Crippen molar-refractivity contribution in [1.29, 1.82) is 0 Å². The van der Waals surface area contributed by atoms with Gasteiger partial charge in [0.1, 0.15) is 18.0 Å². The van der Waals surface area contributed by atoms with E-state index in [1.807, 2.05) is 6.07 Å². The molecule has 0 radical (unpaired) electrons. The minimum absolute atomic E-state index is 0.0226. The molecule has 0 unspecified atom stereocenters. The van der Waals surface area contributed by atoms with Gasteiger partial charge in [0.05, 0.1) is 5.52 Å². The van der Waals surface area contributed by atoms with Gasteiger partial charge in [0, 0.05) is 35.8 Å². The van der Waals surface area contributed by atoms with E-state index in [0.29, 0.717) is 6.54 Å². The van der Waals surface area contributed by atoms with E-state index in [0.717, 1.165) is 49.1 Å². The molecule has 0 saturated carbocycles. The summed E-state index contributed by atoms with van der Waals surface area (Å²) in [6.07, 6.45) is 3.93. The first-order valence-corrected chi connectivity index (χ1v) is 10.0. The summed E-state index contributed by atoms with van der Waals surface area (Å²) in [7, 11) is 0. The number of nitrogens with zero attached hydrogens (tertiary/aromatic N) is 3. The van der Waals surface area contributed by atoms with Gasteiger partial charge >= 0.3 is 0 Å².